The summed E-state index contributed by atoms with van der Waals surface area (Å²) in [4.78, 5) is 30.2. The van der Waals surface area contributed by atoms with Crippen molar-refractivity contribution < 1.29 is 9.59 Å². The van der Waals surface area contributed by atoms with Gasteiger partial charge in [-0.1, -0.05) is 23.9 Å². The number of carbonyl (C=O) groups is 2. The van der Waals surface area contributed by atoms with E-state index in [9.17, 15) is 9.59 Å². The standard InChI is InChI=1S/C19H18N6O2S2/c20-16(27)15-10-5-1-4-8-13(10)29-17(15)22-14(26)9-28-19-24-23-18-21-11-6-2-3-7-12(11)25(18)19/h2-3,6-7H,1,4-5,8-9H2,(H2,20,27)(H,21,23)(H,22,26). The number of para-hydroxylation sites is 2. The highest BCUT2D eigenvalue weighted by Crippen LogP contribution is 2.38. The largest absolute Gasteiger partial charge is 0.365 e. The number of aromatic nitrogens is 4. The highest BCUT2D eigenvalue weighted by atomic mass is 32.2. The van der Waals surface area contributed by atoms with Crippen molar-refractivity contribution in [1.29, 1.82) is 0 Å². The number of aromatic amines is 1. The quantitative estimate of drug-likeness (QED) is 0.424. The van der Waals surface area contributed by atoms with Gasteiger partial charge in [0.15, 0.2) is 5.16 Å². The molecule has 0 fully saturated rings. The normalized spacial score (nSPS) is 13.7. The predicted octanol–water partition coefficient (Wildman–Crippen LogP) is 2.98. The van der Waals surface area contributed by atoms with Gasteiger partial charge in [-0.3, -0.25) is 14.0 Å². The number of hydrogen-bond acceptors (Lipinski definition) is 6. The molecule has 1 aliphatic rings. The lowest BCUT2D eigenvalue weighted by Crippen LogP contribution is -2.19. The molecule has 1 aliphatic carbocycles. The molecule has 0 atom stereocenters. The lowest BCUT2D eigenvalue weighted by Gasteiger charge is -2.11. The van der Waals surface area contributed by atoms with E-state index in [1.165, 1.54) is 23.1 Å². The molecule has 0 unspecified atom stereocenters. The van der Waals surface area contributed by atoms with Crippen LogP contribution in [0.3, 0.4) is 0 Å². The van der Waals surface area contributed by atoms with Gasteiger partial charge in [0.1, 0.15) is 5.00 Å². The third-order valence-electron chi connectivity index (χ3n) is 5.01. The van der Waals surface area contributed by atoms with E-state index in [2.05, 4.69) is 20.5 Å². The summed E-state index contributed by atoms with van der Waals surface area (Å²) in [6.45, 7) is 0. The summed E-state index contributed by atoms with van der Waals surface area (Å²) in [7, 11) is 0. The molecular weight excluding hydrogens is 408 g/mol. The van der Waals surface area contributed by atoms with Crippen molar-refractivity contribution in [1.82, 2.24) is 19.6 Å². The first-order valence-corrected chi connectivity index (χ1v) is 11.1. The van der Waals surface area contributed by atoms with Gasteiger partial charge in [-0.05, 0) is 43.4 Å². The maximum absolute atomic E-state index is 12.6. The summed E-state index contributed by atoms with van der Waals surface area (Å²) < 4.78 is 1.89. The Hall–Kier alpha value is -2.85. The maximum atomic E-state index is 12.6. The van der Waals surface area contributed by atoms with Gasteiger partial charge in [-0.15, -0.1) is 16.4 Å². The van der Waals surface area contributed by atoms with E-state index in [1.54, 1.807) is 0 Å². The van der Waals surface area contributed by atoms with Crippen LogP contribution in [0.4, 0.5) is 5.00 Å². The van der Waals surface area contributed by atoms with Crippen LogP contribution in [0.1, 0.15) is 33.6 Å². The molecule has 8 nitrogen and oxygen atoms in total. The molecule has 0 aliphatic heterocycles. The van der Waals surface area contributed by atoms with Gasteiger partial charge in [0, 0.05) is 4.88 Å². The number of H-pyrrole nitrogens is 1. The van der Waals surface area contributed by atoms with Gasteiger partial charge in [-0.2, -0.15) is 0 Å². The number of carbonyl (C=O) groups excluding carboxylic acids is 2. The number of nitrogens with two attached hydrogens (primary N) is 1. The Labute approximate surface area is 173 Å². The second kappa shape index (κ2) is 7.20. The minimum absolute atomic E-state index is 0.160. The second-order valence-electron chi connectivity index (χ2n) is 6.88. The monoisotopic (exact) mass is 426 g/mol. The maximum Gasteiger partial charge on any atom is 0.251 e. The van der Waals surface area contributed by atoms with Gasteiger partial charge in [0.2, 0.25) is 11.7 Å². The average molecular weight is 427 g/mol. The Balaban J connectivity index is 1.35. The summed E-state index contributed by atoms with van der Waals surface area (Å²) in [5, 5.41) is 11.3. The third kappa shape index (κ3) is 3.18. The number of anilines is 1. The van der Waals surface area contributed by atoms with E-state index in [-0.39, 0.29) is 11.7 Å². The minimum Gasteiger partial charge on any atom is -0.365 e. The fourth-order valence-electron chi connectivity index (χ4n) is 3.75. The molecule has 0 radical (unpaired) electrons. The van der Waals surface area contributed by atoms with Crippen molar-refractivity contribution in [3.05, 3.63) is 40.3 Å². The van der Waals surface area contributed by atoms with Crippen LogP contribution in [0.15, 0.2) is 29.4 Å². The second-order valence-corrected chi connectivity index (χ2v) is 8.93. The molecular formula is C19H18N6O2S2. The van der Waals surface area contributed by atoms with E-state index in [0.29, 0.717) is 21.5 Å². The lowest BCUT2D eigenvalue weighted by molar-refractivity contribution is -0.113. The van der Waals surface area contributed by atoms with Crippen molar-refractivity contribution in [2.45, 2.75) is 30.8 Å². The zero-order chi connectivity index (χ0) is 20.0. The summed E-state index contributed by atoms with van der Waals surface area (Å²) in [6.07, 6.45) is 3.92. The molecule has 29 heavy (non-hydrogen) atoms. The minimum atomic E-state index is -0.480. The van der Waals surface area contributed by atoms with Crippen LogP contribution in [-0.2, 0) is 17.6 Å². The highest BCUT2D eigenvalue weighted by molar-refractivity contribution is 7.99. The first kappa shape index (κ1) is 18.2. The fraction of sp³-hybridized carbons (Fsp3) is 0.263. The van der Waals surface area contributed by atoms with Crippen LogP contribution in [0.5, 0.6) is 0 Å². The van der Waals surface area contributed by atoms with E-state index >= 15 is 0 Å². The van der Waals surface area contributed by atoms with Crippen molar-refractivity contribution in [2.24, 2.45) is 5.73 Å². The molecule has 0 spiro atoms. The molecule has 0 saturated carbocycles. The fourth-order valence-corrected chi connectivity index (χ4v) is 5.81. The summed E-state index contributed by atoms with van der Waals surface area (Å²) in [5.41, 5.74) is 8.88. The number of benzene rings is 1. The molecule has 2 amide bonds. The number of thioether (sulfide) groups is 1. The van der Waals surface area contributed by atoms with Gasteiger partial charge >= 0.3 is 0 Å². The molecule has 1 aromatic carbocycles. The first-order chi connectivity index (χ1) is 14.1. The summed E-state index contributed by atoms with van der Waals surface area (Å²) in [5.74, 6) is 0.117. The topological polar surface area (TPSA) is 118 Å². The Bertz CT molecular complexity index is 1250. The number of thiophene rings is 1. The zero-order valence-electron chi connectivity index (χ0n) is 15.4. The number of rotatable bonds is 5. The number of fused-ring (bicyclic) bond motifs is 4. The van der Waals surface area contributed by atoms with Crippen LogP contribution in [-0.4, -0.2) is 37.1 Å². The molecule has 4 aromatic rings. The Morgan fingerprint density at radius 2 is 2.10 bits per heavy atom. The first-order valence-electron chi connectivity index (χ1n) is 9.30. The molecule has 0 bridgehead atoms. The molecule has 3 aromatic heterocycles. The van der Waals surface area contributed by atoms with E-state index in [0.717, 1.165) is 47.2 Å². The van der Waals surface area contributed by atoms with Crippen molar-refractivity contribution in [3.8, 4) is 0 Å². The molecule has 148 valence electrons. The number of nitrogens with zero attached hydrogens (tertiary/aromatic N) is 3. The van der Waals surface area contributed by atoms with Crippen molar-refractivity contribution in [3.63, 3.8) is 0 Å². The number of imidazole rings is 1. The lowest BCUT2D eigenvalue weighted by atomic mass is 9.95. The molecule has 5 rings (SSSR count). The Kier molecular flexibility index (Phi) is 4.51. The number of nitrogens with one attached hydrogen (secondary N) is 2. The molecule has 4 N–H and O–H groups in total. The van der Waals surface area contributed by atoms with Crippen molar-refractivity contribution >= 4 is 56.7 Å². The van der Waals surface area contributed by atoms with Crippen molar-refractivity contribution in [2.75, 3.05) is 11.1 Å². The number of primary amides is 1. The van der Waals surface area contributed by atoms with Crippen LogP contribution < -0.4 is 11.1 Å². The predicted molar refractivity (Wildman–Crippen MR) is 114 cm³/mol. The van der Waals surface area contributed by atoms with Gasteiger partial charge in [0.05, 0.1) is 22.3 Å². The van der Waals surface area contributed by atoms with Gasteiger partial charge < -0.3 is 11.1 Å². The third-order valence-corrected chi connectivity index (χ3v) is 7.15. The smallest absolute Gasteiger partial charge is 0.251 e. The molecule has 3 heterocycles. The van der Waals surface area contributed by atoms with Gasteiger partial charge in [0.25, 0.3) is 5.91 Å². The number of aryl methyl sites for hydroxylation is 1. The van der Waals surface area contributed by atoms with Crippen LogP contribution in [0.25, 0.3) is 16.8 Å². The number of amides is 2. The van der Waals surface area contributed by atoms with E-state index in [1.807, 2.05) is 28.7 Å². The molecule has 10 heteroatoms. The van der Waals surface area contributed by atoms with E-state index in [4.69, 9.17) is 5.73 Å². The van der Waals surface area contributed by atoms with Crippen LogP contribution in [0.2, 0.25) is 0 Å². The highest BCUT2D eigenvalue weighted by Gasteiger charge is 2.25. The van der Waals surface area contributed by atoms with Crippen LogP contribution in [0, 0.1) is 0 Å². The SMILES string of the molecule is NC(=O)c1c(NC(=O)CSc2n[nH]c3nc4ccccc4n23)sc2c1CCCC2. The average Bonchev–Trinajstić information content (AvgIpc) is 3.37. The Morgan fingerprint density at radius 1 is 1.28 bits per heavy atom. The van der Waals surface area contributed by atoms with E-state index < -0.39 is 5.91 Å². The summed E-state index contributed by atoms with van der Waals surface area (Å²) in [6, 6.07) is 7.76. The number of hydrogen-bond donors (Lipinski definition) is 3. The van der Waals surface area contributed by atoms with Gasteiger partial charge in [-0.25, -0.2) is 10.1 Å². The molecule has 0 saturated heterocycles. The Morgan fingerprint density at radius 3 is 2.97 bits per heavy atom. The zero-order valence-corrected chi connectivity index (χ0v) is 17.0. The van der Waals surface area contributed by atoms with Crippen LogP contribution >= 0.6 is 23.1 Å². The summed E-state index contributed by atoms with van der Waals surface area (Å²) >= 11 is 2.78.